The second kappa shape index (κ2) is 7.84. The van der Waals surface area contributed by atoms with Crippen LogP contribution in [0.25, 0.3) is 0 Å². The molecule has 3 amide bonds. The number of nitrogens with one attached hydrogen (secondary N) is 1. The molecule has 0 aliphatic carbocycles. The number of methoxy groups -OCH3 is 1. The van der Waals surface area contributed by atoms with Crippen LogP contribution in [0.4, 0.5) is 4.79 Å². The summed E-state index contributed by atoms with van der Waals surface area (Å²) in [6, 6.07) is 13.9. The fraction of sp³-hybridized carbons (Fsp3) is 0.318. The van der Waals surface area contributed by atoms with Crippen molar-refractivity contribution >= 4 is 17.7 Å². The third-order valence-electron chi connectivity index (χ3n) is 5.08. The van der Waals surface area contributed by atoms with Crippen LogP contribution in [0.2, 0.25) is 0 Å². The molecule has 1 N–H and O–H groups in total. The van der Waals surface area contributed by atoms with Gasteiger partial charge in [0.1, 0.15) is 11.3 Å². The summed E-state index contributed by atoms with van der Waals surface area (Å²) in [5.74, 6) is 0.143. The van der Waals surface area contributed by atoms with Crippen LogP contribution in [0, 0.1) is 0 Å². The second-order valence-electron chi connectivity index (χ2n) is 6.93. The van der Waals surface area contributed by atoms with Crippen LogP contribution in [0.15, 0.2) is 48.5 Å². The Morgan fingerprint density at radius 1 is 1.14 bits per heavy atom. The summed E-state index contributed by atoms with van der Waals surface area (Å²) in [5, 5.41) is 2.91. The number of carbonyl (C=O) groups excluding carboxylic acids is 3. The van der Waals surface area contributed by atoms with E-state index in [1.54, 1.807) is 18.2 Å². The van der Waals surface area contributed by atoms with Crippen LogP contribution in [0.3, 0.4) is 0 Å². The van der Waals surface area contributed by atoms with E-state index in [1.807, 2.05) is 37.3 Å². The summed E-state index contributed by atoms with van der Waals surface area (Å²) in [6.07, 6.45) is 1.24. The minimum absolute atomic E-state index is 0.0350. The zero-order chi connectivity index (χ0) is 20.3. The Morgan fingerprint density at radius 3 is 2.46 bits per heavy atom. The molecule has 1 aliphatic rings. The summed E-state index contributed by atoms with van der Waals surface area (Å²) >= 11 is 0. The molecular weight excluding hydrogens is 356 g/mol. The molecule has 146 valence electrons. The fourth-order valence-corrected chi connectivity index (χ4v) is 3.67. The van der Waals surface area contributed by atoms with E-state index >= 15 is 0 Å². The van der Waals surface area contributed by atoms with Gasteiger partial charge in [-0.2, -0.15) is 0 Å². The van der Waals surface area contributed by atoms with Gasteiger partial charge in [-0.1, -0.05) is 43.7 Å². The molecule has 6 heteroatoms. The van der Waals surface area contributed by atoms with Crippen LogP contribution >= 0.6 is 0 Å². The van der Waals surface area contributed by atoms with E-state index in [0.29, 0.717) is 23.3 Å². The zero-order valence-electron chi connectivity index (χ0n) is 16.3. The molecule has 2 aromatic rings. The number of hydrogen-bond acceptors (Lipinski definition) is 4. The summed E-state index contributed by atoms with van der Waals surface area (Å²) in [4.78, 5) is 39.1. The maximum atomic E-state index is 13.4. The number of ketones is 1. The van der Waals surface area contributed by atoms with Gasteiger partial charge in [0, 0.05) is 11.1 Å². The minimum Gasteiger partial charge on any atom is -0.496 e. The normalized spacial score (nSPS) is 18.9. The number of hydrogen-bond donors (Lipinski definition) is 1. The monoisotopic (exact) mass is 380 g/mol. The van der Waals surface area contributed by atoms with Gasteiger partial charge in [-0.25, -0.2) is 4.79 Å². The molecule has 1 atom stereocenters. The van der Waals surface area contributed by atoms with Crippen molar-refractivity contribution in [3.63, 3.8) is 0 Å². The van der Waals surface area contributed by atoms with Crippen LogP contribution in [-0.2, 0) is 16.9 Å². The molecule has 28 heavy (non-hydrogen) atoms. The van der Waals surface area contributed by atoms with Gasteiger partial charge in [-0.05, 0) is 37.1 Å². The van der Waals surface area contributed by atoms with Crippen molar-refractivity contribution in [2.45, 2.75) is 38.8 Å². The van der Waals surface area contributed by atoms with Crippen LogP contribution in [0.5, 0.6) is 5.75 Å². The number of ether oxygens (including phenoxy) is 1. The SMILES string of the molecule is CCC[C@]1(c2ccccc2)NC(=O)N(Cc2cc(C(C)=O)ccc2OC)C1=O. The largest absolute Gasteiger partial charge is 0.496 e. The lowest BCUT2D eigenvalue weighted by Crippen LogP contribution is -2.43. The first kappa shape index (κ1) is 19.6. The lowest BCUT2D eigenvalue weighted by atomic mass is 9.85. The van der Waals surface area contributed by atoms with Gasteiger partial charge in [0.2, 0.25) is 0 Å². The van der Waals surface area contributed by atoms with Gasteiger partial charge in [-0.3, -0.25) is 14.5 Å². The van der Waals surface area contributed by atoms with Crippen molar-refractivity contribution in [2.75, 3.05) is 7.11 Å². The first-order valence-electron chi connectivity index (χ1n) is 9.30. The molecule has 0 spiro atoms. The Kier molecular flexibility index (Phi) is 5.49. The molecule has 1 saturated heterocycles. The van der Waals surface area contributed by atoms with E-state index in [4.69, 9.17) is 4.74 Å². The topological polar surface area (TPSA) is 75.7 Å². The summed E-state index contributed by atoms with van der Waals surface area (Å²) < 4.78 is 5.36. The third-order valence-corrected chi connectivity index (χ3v) is 5.08. The first-order chi connectivity index (χ1) is 13.4. The predicted molar refractivity (Wildman–Crippen MR) is 105 cm³/mol. The molecule has 1 heterocycles. The van der Waals surface area contributed by atoms with Gasteiger partial charge >= 0.3 is 6.03 Å². The molecule has 0 radical (unpaired) electrons. The fourth-order valence-electron chi connectivity index (χ4n) is 3.67. The molecule has 3 rings (SSSR count). The maximum Gasteiger partial charge on any atom is 0.325 e. The van der Waals surface area contributed by atoms with E-state index < -0.39 is 11.6 Å². The highest BCUT2D eigenvalue weighted by atomic mass is 16.5. The van der Waals surface area contributed by atoms with Gasteiger partial charge in [0.15, 0.2) is 5.78 Å². The Labute approximate surface area is 164 Å². The molecule has 0 unspecified atom stereocenters. The summed E-state index contributed by atoms with van der Waals surface area (Å²) in [5.41, 5.74) is 0.811. The molecular formula is C22H24N2O4. The Morgan fingerprint density at radius 2 is 1.86 bits per heavy atom. The van der Waals surface area contributed by atoms with Crippen molar-refractivity contribution < 1.29 is 19.1 Å². The highest BCUT2D eigenvalue weighted by Gasteiger charge is 2.51. The third kappa shape index (κ3) is 3.38. The number of imide groups is 1. The maximum absolute atomic E-state index is 13.4. The predicted octanol–water partition coefficient (Wildman–Crippen LogP) is 3.65. The smallest absolute Gasteiger partial charge is 0.325 e. The zero-order valence-corrected chi connectivity index (χ0v) is 16.3. The van der Waals surface area contributed by atoms with Gasteiger partial charge in [0.05, 0.1) is 13.7 Å². The number of nitrogens with zero attached hydrogens (tertiary/aromatic N) is 1. The average Bonchev–Trinajstić information content (AvgIpc) is 2.94. The van der Waals surface area contributed by atoms with Crippen molar-refractivity contribution in [3.05, 3.63) is 65.2 Å². The molecule has 2 aromatic carbocycles. The minimum atomic E-state index is -1.07. The molecule has 0 saturated carbocycles. The molecule has 6 nitrogen and oxygen atoms in total. The molecule has 0 bridgehead atoms. The number of amides is 3. The Balaban J connectivity index is 1.98. The van der Waals surface area contributed by atoms with Crippen molar-refractivity contribution in [2.24, 2.45) is 0 Å². The van der Waals surface area contributed by atoms with Crippen molar-refractivity contribution in [1.29, 1.82) is 0 Å². The van der Waals surface area contributed by atoms with E-state index in [0.717, 1.165) is 12.0 Å². The molecule has 1 aliphatic heterocycles. The number of rotatable bonds is 7. The standard InChI is InChI=1S/C22H24N2O4/c1-4-12-22(18-8-6-5-7-9-18)20(26)24(21(27)23-22)14-17-13-16(15(2)25)10-11-19(17)28-3/h5-11,13H,4,12,14H2,1-3H3,(H,23,27)/t22-/m1/s1. The number of Topliss-reactive ketones (excluding diaryl/α,β-unsaturated/α-hetero) is 1. The van der Waals surface area contributed by atoms with E-state index in [1.165, 1.54) is 18.9 Å². The summed E-state index contributed by atoms with van der Waals surface area (Å²) in [7, 11) is 1.52. The van der Waals surface area contributed by atoms with E-state index in [9.17, 15) is 14.4 Å². The van der Waals surface area contributed by atoms with Crippen molar-refractivity contribution in [1.82, 2.24) is 10.2 Å². The van der Waals surface area contributed by atoms with Gasteiger partial charge in [-0.15, -0.1) is 0 Å². The highest BCUT2D eigenvalue weighted by Crippen LogP contribution is 2.35. The van der Waals surface area contributed by atoms with Crippen LogP contribution in [0.1, 0.15) is 48.2 Å². The number of benzene rings is 2. The van der Waals surface area contributed by atoms with Crippen LogP contribution < -0.4 is 10.1 Å². The number of urea groups is 1. The van der Waals surface area contributed by atoms with Gasteiger partial charge in [0.25, 0.3) is 5.91 Å². The van der Waals surface area contributed by atoms with Gasteiger partial charge < -0.3 is 10.1 Å². The summed E-state index contributed by atoms with van der Waals surface area (Å²) in [6.45, 7) is 3.49. The lowest BCUT2D eigenvalue weighted by Gasteiger charge is -2.27. The Hall–Kier alpha value is -3.15. The van der Waals surface area contributed by atoms with Crippen LogP contribution in [-0.4, -0.2) is 29.7 Å². The highest BCUT2D eigenvalue weighted by molar-refractivity contribution is 6.07. The average molecular weight is 380 g/mol. The number of carbonyl (C=O) groups is 3. The van der Waals surface area contributed by atoms with Crippen molar-refractivity contribution in [3.8, 4) is 5.75 Å². The van der Waals surface area contributed by atoms with E-state index in [-0.39, 0.29) is 18.2 Å². The molecule has 0 aromatic heterocycles. The second-order valence-corrected chi connectivity index (χ2v) is 6.93. The Bertz CT molecular complexity index is 910. The first-order valence-corrected chi connectivity index (χ1v) is 9.30. The van der Waals surface area contributed by atoms with E-state index in [2.05, 4.69) is 5.32 Å². The molecule has 1 fully saturated rings. The lowest BCUT2D eigenvalue weighted by molar-refractivity contribution is -0.132. The quantitative estimate of drug-likeness (QED) is 0.588.